The molecule has 7 nitrogen and oxygen atoms in total. The number of anilines is 1. The Bertz CT molecular complexity index is 1820. The summed E-state index contributed by atoms with van der Waals surface area (Å²) in [5.41, 5.74) is 4.90. The van der Waals surface area contributed by atoms with Gasteiger partial charge < -0.3 is 23.1 Å². The van der Waals surface area contributed by atoms with E-state index in [4.69, 9.17) is 8.83 Å². The van der Waals surface area contributed by atoms with Gasteiger partial charge in [0.25, 0.3) is 5.91 Å². The molecule has 0 bridgehead atoms. The maximum absolute atomic E-state index is 13.9. The molecule has 3 aromatic carbocycles. The molecule has 3 heterocycles. The van der Waals surface area contributed by atoms with Crippen LogP contribution in [0.2, 0.25) is 0 Å². The summed E-state index contributed by atoms with van der Waals surface area (Å²) in [6.07, 6.45) is 2.62. The summed E-state index contributed by atoms with van der Waals surface area (Å²) in [5, 5.41) is 15.3. The van der Waals surface area contributed by atoms with Gasteiger partial charge in [0.2, 0.25) is 0 Å². The number of hydrogen-bond acceptors (Lipinski definition) is 7. The molecule has 2 N–H and O–H groups in total. The van der Waals surface area contributed by atoms with Crippen LogP contribution in [0, 0.1) is 18.6 Å². The van der Waals surface area contributed by atoms with E-state index >= 15 is 0 Å². The Hall–Kier alpha value is -3.86. The van der Waals surface area contributed by atoms with Gasteiger partial charge in [-0.1, -0.05) is 11.9 Å². The number of hydrogen-bond donors (Lipinski definition) is 2. The summed E-state index contributed by atoms with van der Waals surface area (Å²) in [7, 11) is 3.64. The number of aliphatic hydroxyl groups is 1. The van der Waals surface area contributed by atoms with Crippen molar-refractivity contribution in [3.05, 3.63) is 88.7 Å². The number of piperidine rings is 1. The molecule has 0 aliphatic carbocycles. The molecule has 2 unspecified atom stereocenters. The van der Waals surface area contributed by atoms with E-state index in [0.717, 1.165) is 29.5 Å². The van der Waals surface area contributed by atoms with Crippen LogP contribution >= 0.6 is 11.9 Å². The van der Waals surface area contributed by atoms with Crippen LogP contribution < -0.4 is 9.62 Å². The summed E-state index contributed by atoms with van der Waals surface area (Å²) in [4.78, 5) is 15.6. The van der Waals surface area contributed by atoms with Crippen LogP contribution in [-0.4, -0.2) is 49.4 Å². The Labute approximate surface area is 252 Å². The average Bonchev–Trinajstić information content (AvgIpc) is 3.56. The van der Waals surface area contributed by atoms with Gasteiger partial charge in [0.05, 0.1) is 5.69 Å². The average molecular weight is 606 g/mol. The van der Waals surface area contributed by atoms with Crippen LogP contribution in [0.15, 0.2) is 63.4 Å². The first-order chi connectivity index (χ1) is 20.7. The van der Waals surface area contributed by atoms with Crippen molar-refractivity contribution in [2.75, 3.05) is 37.7 Å². The smallest absolute Gasteiger partial charge is 0.289 e. The molecular formula is C33H33F2N3O4S. The molecule has 0 saturated carbocycles. The number of likely N-dealkylation sites (tertiary alicyclic amines) is 1. The third-order valence-electron chi connectivity index (χ3n) is 8.38. The lowest BCUT2D eigenvalue weighted by atomic mass is 9.87. The molecular weight excluding hydrogens is 572 g/mol. The minimum Gasteiger partial charge on any atom is -0.456 e. The Morgan fingerprint density at radius 1 is 1.07 bits per heavy atom. The van der Waals surface area contributed by atoms with Gasteiger partial charge in [0.1, 0.15) is 34.8 Å². The zero-order chi connectivity index (χ0) is 30.4. The van der Waals surface area contributed by atoms with Crippen molar-refractivity contribution < 1.29 is 27.5 Å². The van der Waals surface area contributed by atoms with Crippen LogP contribution in [0.3, 0.4) is 0 Å². The number of aliphatic hydroxyl groups excluding tert-OH is 1. The maximum Gasteiger partial charge on any atom is 0.289 e. The van der Waals surface area contributed by atoms with Gasteiger partial charge in [-0.05, 0) is 80.9 Å². The third-order valence-corrected chi connectivity index (χ3v) is 9.13. The number of nitrogens with zero attached hydrogens (tertiary/aromatic N) is 2. The second-order valence-corrected chi connectivity index (χ2v) is 11.8. The van der Waals surface area contributed by atoms with Gasteiger partial charge in [-0.3, -0.25) is 10.1 Å². The van der Waals surface area contributed by atoms with Crippen molar-refractivity contribution in [2.24, 2.45) is 0 Å². The second-order valence-electron chi connectivity index (χ2n) is 10.9. The Kier molecular flexibility index (Phi) is 7.93. The topological polar surface area (TPSA) is 82.1 Å². The fourth-order valence-corrected chi connectivity index (χ4v) is 6.41. The second kappa shape index (κ2) is 11.7. The van der Waals surface area contributed by atoms with E-state index in [1.165, 1.54) is 24.3 Å². The quantitative estimate of drug-likeness (QED) is 0.148. The highest BCUT2D eigenvalue weighted by atomic mass is 32.2. The first kappa shape index (κ1) is 29.2. The molecule has 224 valence electrons. The van der Waals surface area contributed by atoms with Gasteiger partial charge in [0.15, 0.2) is 5.76 Å². The van der Waals surface area contributed by atoms with Crippen molar-refractivity contribution in [2.45, 2.75) is 31.9 Å². The van der Waals surface area contributed by atoms with E-state index in [1.54, 1.807) is 44.1 Å². The highest BCUT2D eigenvalue weighted by Crippen LogP contribution is 2.44. The number of benzene rings is 3. The van der Waals surface area contributed by atoms with E-state index in [1.807, 2.05) is 24.3 Å². The summed E-state index contributed by atoms with van der Waals surface area (Å²) in [6.45, 7) is 2.84. The zero-order valence-corrected chi connectivity index (χ0v) is 25.2. The van der Waals surface area contributed by atoms with E-state index in [-0.39, 0.29) is 29.2 Å². The van der Waals surface area contributed by atoms with E-state index in [9.17, 15) is 18.7 Å². The van der Waals surface area contributed by atoms with Gasteiger partial charge in [-0.2, -0.15) is 0 Å². The third kappa shape index (κ3) is 5.28. The van der Waals surface area contributed by atoms with Crippen LogP contribution in [-0.2, 0) is 0 Å². The molecule has 43 heavy (non-hydrogen) atoms. The number of rotatable bonds is 7. The number of carbonyl (C=O) groups excluding carboxylic acids is 1. The van der Waals surface area contributed by atoms with Crippen molar-refractivity contribution in [1.29, 1.82) is 0 Å². The molecule has 10 heteroatoms. The Balaban J connectivity index is 1.42. The molecule has 5 aromatic rings. The van der Waals surface area contributed by atoms with Gasteiger partial charge in [0, 0.05) is 65.8 Å². The number of fused-ring (bicyclic) bond motifs is 2. The Morgan fingerprint density at radius 2 is 1.81 bits per heavy atom. The lowest BCUT2D eigenvalue weighted by Crippen LogP contribution is -2.39. The first-order valence-electron chi connectivity index (χ1n) is 14.2. The number of amides is 1. The van der Waals surface area contributed by atoms with Crippen LogP contribution in [0.5, 0.6) is 0 Å². The molecule has 1 fully saturated rings. The molecule has 0 radical (unpaired) electrons. The molecule has 2 atom stereocenters. The standard InChI is InChI=1S/C33H33F2N3O4S/c1-18-23-14-22(35)11-12-27(23)41-30(18)33(40)38-13-5-6-20(17-38)24-15-25-28(16-26(24)37(3)43-4)42-31(29(25)32(39)36-2)19-7-9-21(34)10-8-19/h7-12,14-16,20,32,36,39H,5-6,13,17H2,1-4H3. The number of furan rings is 2. The minimum absolute atomic E-state index is 0.00224. The summed E-state index contributed by atoms with van der Waals surface area (Å²) < 4.78 is 41.9. The van der Waals surface area contributed by atoms with Crippen LogP contribution in [0.4, 0.5) is 14.5 Å². The van der Waals surface area contributed by atoms with E-state index in [0.29, 0.717) is 52.1 Å². The normalized spacial score (nSPS) is 16.3. The fraction of sp³-hybridized carbons (Fsp3) is 0.303. The maximum atomic E-state index is 13.9. The largest absolute Gasteiger partial charge is 0.456 e. The van der Waals surface area contributed by atoms with Crippen molar-refractivity contribution in [1.82, 2.24) is 10.2 Å². The molecule has 6 rings (SSSR count). The molecule has 1 saturated heterocycles. The first-order valence-corrected chi connectivity index (χ1v) is 15.4. The summed E-state index contributed by atoms with van der Waals surface area (Å²) in [5.74, 6) is -0.257. The van der Waals surface area contributed by atoms with Gasteiger partial charge in [-0.15, -0.1) is 0 Å². The lowest BCUT2D eigenvalue weighted by Gasteiger charge is -2.34. The highest BCUT2D eigenvalue weighted by molar-refractivity contribution is 7.99. The summed E-state index contributed by atoms with van der Waals surface area (Å²) in [6, 6.07) is 14.3. The van der Waals surface area contributed by atoms with Gasteiger partial charge in [-0.25, -0.2) is 8.78 Å². The molecule has 1 aliphatic heterocycles. The van der Waals surface area contributed by atoms with Crippen molar-refractivity contribution in [3.63, 3.8) is 0 Å². The van der Waals surface area contributed by atoms with E-state index in [2.05, 4.69) is 15.7 Å². The molecule has 2 aromatic heterocycles. The fourth-order valence-electron chi connectivity index (χ4n) is 6.05. The Morgan fingerprint density at radius 3 is 2.53 bits per heavy atom. The molecule has 1 amide bonds. The lowest BCUT2D eigenvalue weighted by molar-refractivity contribution is 0.0676. The van der Waals surface area contributed by atoms with Gasteiger partial charge >= 0.3 is 0 Å². The summed E-state index contributed by atoms with van der Waals surface area (Å²) >= 11 is 1.56. The number of nitrogens with one attached hydrogen (secondary N) is 1. The van der Waals surface area contributed by atoms with Crippen molar-refractivity contribution >= 4 is 45.5 Å². The highest BCUT2D eigenvalue weighted by Gasteiger charge is 2.32. The van der Waals surface area contributed by atoms with Crippen LogP contribution in [0.25, 0.3) is 33.3 Å². The van der Waals surface area contributed by atoms with Crippen molar-refractivity contribution in [3.8, 4) is 11.3 Å². The monoisotopic (exact) mass is 605 g/mol. The number of carbonyl (C=O) groups is 1. The number of aryl methyl sites for hydroxylation is 1. The van der Waals surface area contributed by atoms with Crippen LogP contribution in [0.1, 0.15) is 52.2 Å². The van der Waals surface area contributed by atoms with E-state index < -0.39 is 6.23 Å². The predicted molar refractivity (Wildman–Crippen MR) is 166 cm³/mol. The zero-order valence-electron chi connectivity index (χ0n) is 24.4. The predicted octanol–water partition coefficient (Wildman–Crippen LogP) is 7.38. The number of halogens is 2. The molecule has 0 spiro atoms. The molecule has 1 aliphatic rings. The SMILES string of the molecule is CNC(O)c1c(-c2ccc(F)cc2)oc2cc(N(C)SC)c(C3CCCN(C(=O)c4oc5ccc(F)cc5c4C)C3)cc12. The minimum atomic E-state index is -1.02.